The van der Waals surface area contributed by atoms with Crippen LogP contribution in [-0.2, 0) is 0 Å². The van der Waals surface area contributed by atoms with Crippen molar-refractivity contribution in [3.05, 3.63) is 32.3 Å². The van der Waals surface area contributed by atoms with Gasteiger partial charge in [-0.15, -0.1) is 6.42 Å². The summed E-state index contributed by atoms with van der Waals surface area (Å²) in [5.74, 6) is 3.20. The van der Waals surface area contributed by atoms with E-state index in [1.54, 1.807) is 6.07 Å². The number of halogens is 3. The summed E-state index contributed by atoms with van der Waals surface area (Å²) in [6, 6.07) is 5.61. The number of pyridine rings is 1. The Morgan fingerprint density at radius 1 is 1.43 bits per heavy atom. The fourth-order valence-corrected chi connectivity index (χ4v) is 3.39. The summed E-state index contributed by atoms with van der Waals surface area (Å²) >= 11 is 13.0. The van der Waals surface area contributed by atoms with Crippen LogP contribution in [0.3, 0.4) is 0 Å². The minimum Gasteiger partial charge on any atom is -0.486 e. The van der Waals surface area contributed by atoms with Gasteiger partial charge in [-0.1, -0.05) is 33.5 Å². The largest absolute Gasteiger partial charge is 0.486 e. The Labute approximate surface area is 145 Å². The first-order valence-electron chi connectivity index (χ1n) is 6.28. The Hall–Kier alpha value is -0.800. The average molecular weight is 433 g/mol. The van der Waals surface area contributed by atoms with Crippen molar-refractivity contribution in [1.29, 1.82) is 0 Å². The van der Waals surface area contributed by atoms with E-state index in [0.717, 1.165) is 14.3 Å². The topological polar surface area (TPSA) is 34.1 Å². The lowest BCUT2D eigenvalue weighted by Gasteiger charge is -2.18. The normalized spacial score (nSPS) is 12.1. The lowest BCUT2D eigenvalue weighted by atomic mass is 10.2. The molecule has 1 aromatic carbocycles. The van der Waals surface area contributed by atoms with Gasteiger partial charge in [0.25, 0.3) is 0 Å². The first-order chi connectivity index (χ1) is 10.0. The number of nitrogens with one attached hydrogen (secondary N) is 1. The molecular weight excluding hydrogens is 419 g/mol. The zero-order valence-corrected chi connectivity index (χ0v) is 15.2. The Morgan fingerprint density at radius 2 is 2.19 bits per heavy atom. The molecular formula is C15H13Br2ClN2O. The first kappa shape index (κ1) is 16.6. The molecule has 2 rings (SSSR count). The van der Waals surface area contributed by atoms with Crippen LogP contribution in [0.25, 0.3) is 10.9 Å². The Balaban J connectivity index is 2.34. The molecule has 0 amide bonds. The van der Waals surface area contributed by atoms with E-state index in [1.807, 2.05) is 19.1 Å². The number of rotatable bonds is 5. The highest BCUT2D eigenvalue weighted by molar-refractivity contribution is 9.11. The Bertz CT molecular complexity index is 700. The van der Waals surface area contributed by atoms with Gasteiger partial charge in [0.1, 0.15) is 16.8 Å². The van der Waals surface area contributed by atoms with Crippen LogP contribution in [0.2, 0.25) is 5.15 Å². The molecule has 0 saturated heterocycles. The Morgan fingerprint density at radius 3 is 2.90 bits per heavy atom. The summed E-state index contributed by atoms with van der Waals surface area (Å²) < 4.78 is 7.74. The predicted molar refractivity (Wildman–Crippen MR) is 93.9 cm³/mol. The quantitative estimate of drug-likeness (QED) is 0.432. The number of hydrogen-bond acceptors (Lipinski definition) is 3. The fourth-order valence-electron chi connectivity index (χ4n) is 1.87. The standard InChI is InChI=1S/C15H13Br2ClN2O/c1-3-6-19-8-9(2)21-15-12(17)7-11(16)10-4-5-13(18)20-14(10)15/h1,4-5,7,9,19H,6,8H2,2H3. The summed E-state index contributed by atoms with van der Waals surface area (Å²) in [5, 5.41) is 4.49. The fraction of sp³-hybridized carbons (Fsp3) is 0.267. The average Bonchev–Trinajstić information content (AvgIpc) is 2.43. The predicted octanol–water partition coefficient (Wildman–Crippen LogP) is 4.40. The van der Waals surface area contributed by atoms with E-state index in [9.17, 15) is 0 Å². The maximum Gasteiger partial charge on any atom is 0.160 e. The molecule has 1 N–H and O–H groups in total. The van der Waals surface area contributed by atoms with E-state index in [2.05, 4.69) is 48.1 Å². The summed E-state index contributed by atoms with van der Waals surface area (Å²) in [5.41, 5.74) is 0.715. The molecule has 1 atom stereocenters. The van der Waals surface area contributed by atoms with Crippen molar-refractivity contribution in [2.45, 2.75) is 13.0 Å². The first-order valence-corrected chi connectivity index (χ1v) is 8.24. The number of fused-ring (bicyclic) bond motifs is 1. The van der Waals surface area contributed by atoms with E-state index in [-0.39, 0.29) is 6.10 Å². The van der Waals surface area contributed by atoms with Gasteiger partial charge in [-0.25, -0.2) is 4.98 Å². The van der Waals surface area contributed by atoms with Crippen molar-refractivity contribution in [2.75, 3.05) is 13.1 Å². The molecule has 0 fully saturated rings. The van der Waals surface area contributed by atoms with Crippen molar-refractivity contribution in [3.63, 3.8) is 0 Å². The molecule has 0 aliphatic carbocycles. The molecule has 110 valence electrons. The molecule has 6 heteroatoms. The zero-order valence-electron chi connectivity index (χ0n) is 11.3. The smallest absolute Gasteiger partial charge is 0.160 e. The third kappa shape index (κ3) is 4.10. The second kappa shape index (κ2) is 7.46. The molecule has 3 nitrogen and oxygen atoms in total. The summed E-state index contributed by atoms with van der Waals surface area (Å²) in [6.07, 6.45) is 5.15. The lowest BCUT2D eigenvalue weighted by molar-refractivity contribution is 0.220. The molecule has 1 heterocycles. The van der Waals surface area contributed by atoms with E-state index < -0.39 is 0 Å². The van der Waals surface area contributed by atoms with Crippen LogP contribution in [0.1, 0.15) is 6.92 Å². The number of ether oxygens (including phenoxy) is 1. The molecule has 0 bridgehead atoms. The SMILES string of the molecule is C#CCNCC(C)Oc1c(Br)cc(Br)c2ccc(Cl)nc12. The maximum absolute atomic E-state index is 6.00. The Kier molecular flexibility index (Phi) is 5.88. The molecule has 1 aromatic heterocycles. The minimum atomic E-state index is -0.0557. The molecule has 0 aliphatic rings. The highest BCUT2D eigenvalue weighted by Crippen LogP contribution is 2.38. The van der Waals surface area contributed by atoms with Gasteiger partial charge < -0.3 is 10.1 Å². The van der Waals surface area contributed by atoms with Gasteiger partial charge in [-0.2, -0.15) is 0 Å². The number of nitrogens with zero attached hydrogens (tertiary/aromatic N) is 1. The zero-order chi connectivity index (χ0) is 15.4. The van der Waals surface area contributed by atoms with Crippen LogP contribution in [0.15, 0.2) is 27.1 Å². The van der Waals surface area contributed by atoms with Crippen molar-refractivity contribution >= 4 is 54.4 Å². The van der Waals surface area contributed by atoms with E-state index >= 15 is 0 Å². The molecule has 0 spiro atoms. The second-order valence-corrected chi connectivity index (χ2v) is 6.56. The van der Waals surface area contributed by atoms with Gasteiger partial charge in [0.2, 0.25) is 0 Å². The van der Waals surface area contributed by atoms with Crippen LogP contribution < -0.4 is 10.1 Å². The van der Waals surface area contributed by atoms with Gasteiger partial charge in [0, 0.05) is 16.4 Å². The molecule has 2 aromatic rings. The summed E-state index contributed by atoms with van der Waals surface area (Å²) in [6.45, 7) is 3.13. The van der Waals surface area contributed by atoms with Gasteiger partial charge in [0.15, 0.2) is 5.75 Å². The monoisotopic (exact) mass is 430 g/mol. The van der Waals surface area contributed by atoms with E-state index in [4.69, 9.17) is 22.8 Å². The van der Waals surface area contributed by atoms with Crippen molar-refractivity contribution < 1.29 is 4.74 Å². The van der Waals surface area contributed by atoms with Crippen molar-refractivity contribution in [1.82, 2.24) is 10.3 Å². The molecule has 1 unspecified atom stereocenters. The van der Waals surface area contributed by atoms with Gasteiger partial charge >= 0.3 is 0 Å². The molecule has 0 radical (unpaired) electrons. The van der Waals surface area contributed by atoms with Crippen molar-refractivity contribution in [3.8, 4) is 18.1 Å². The van der Waals surface area contributed by atoms with Crippen LogP contribution in [0, 0.1) is 12.3 Å². The van der Waals surface area contributed by atoms with E-state index in [0.29, 0.717) is 29.5 Å². The van der Waals surface area contributed by atoms with E-state index in [1.165, 1.54) is 0 Å². The second-order valence-electron chi connectivity index (χ2n) is 4.46. The third-order valence-corrected chi connectivity index (χ3v) is 4.24. The van der Waals surface area contributed by atoms with Gasteiger partial charge in [-0.3, -0.25) is 0 Å². The van der Waals surface area contributed by atoms with Gasteiger partial charge in [0.05, 0.1) is 11.0 Å². The molecule has 21 heavy (non-hydrogen) atoms. The minimum absolute atomic E-state index is 0.0557. The van der Waals surface area contributed by atoms with Crippen LogP contribution >= 0.6 is 43.5 Å². The number of terminal acetylenes is 1. The third-order valence-electron chi connectivity index (χ3n) is 2.78. The lowest BCUT2D eigenvalue weighted by Crippen LogP contribution is -2.29. The van der Waals surface area contributed by atoms with Crippen LogP contribution in [0.5, 0.6) is 5.75 Å². The number of benzene rings is 1. The van der Waals surface area contributed by atoms with Crippen LogP contribution in [-0.4, -0.2) is 24.2 Å². The number of hydrogen-bond donors (Lipinski definition) is 1. The van der Waals surface area contributed by atoms with Gasteiger partial charge in [-0.05, 0) is 41.1 Å². The molecule has 0 saturated carbocycles. The summed E-state index contributed by atoms with van der Waals surface area (Å²) in [7, 11) is 0. The number of aromatic nitrogens is 1. The highest BCUT2D eigenvalue weighted by atomic mass is 79.9. The highest BCUT2D eigenvalue weighted by Gasteiger charge is 2.15. The molecule has 0 aliphatic heterocycles. The maximum atomic E-state index is 6.00. The summed E-state index contributed by atoms with van der Waals surface area (Å²) in [4.78, 5) is 4.37. The van der Waals surface area contributed by atoms with Crippen molar-refractivity contribution in [2.24, 2.45) is 0 Å². The van der Waals surface area contributed by atoms with Crippen LogP contribution in [0.4, 0.5) is 0 Å².